The van der Waals surface area contributed by atoms with Crippen LogP contribution in [0, 0.1) is 23.2 Å². The fourth-order valence-corrected chi connectivity index (χ4v) is 7.52. The standard InChI is InChI=1S/C22H30OS.C10H14O/c1-3-15(2)19-4-6-20(7-5-19)23-21(24)14-22-11-16-8-17(12-22)10-18(9-16)13-22;1-3-8(2)9-4-6-10(11)7-5-9/h4-7,15-18H,3,8-14H2,1-2H3;4-8,11H,3H2,1-2H3. The van der Waals surface area contributed by atoms with Crippen molar-refractivity contribution in [1.82, 2.24) is 0 Å². The molecular formula is C32H44O2S. The van der Waals surface area contributed by atoms with Gasteiger partial charge in [0.05, 0.1) is 0 Å². The third-order valence-corrected chi connectivity index (χ3v) is 9.28. The van der Waals surface area contributed by atoms with E-state index in [-0.39, 0.29) is 0 Å². The second-order valence-corrected chi connectivity index (χ2v) is 12.3. The maximum Gasteiger partial charge on any atom is 0.167 e. The van der Waals surface area contributed by atoms with Gasteiger partial charge in [-0.2, -0.15) is 0 Å². The average molecular weight is 493 g/mol. The fourth-order valence-electron chi connectivity index (χ4n) is 7.12. The van der Waals surface area contributed by atoms with Gasteiger partial charge in [-0.05, 0) is 134 Å². The van der Waals surface area contributed by atoms with Crippen LogP contribution in [0.3, 0.4) is 0 Å². The zero-order chi connectivity index (χ0) is 25.0. The van der Waals surface area contributed by atoms with Crippen LogP contribution in [0.1, 0.15) is 108 Å². The molecule has 0 saturated heterocycles. The Morgan fingerprint density at radius 2 is 1.26 bits per heavy atom. The van der Waals surface area contributed by atoms with Gasteiger partial charge in [0, 0.05) is 6.42 Å². The van der Waals surface area contributed by atoms with Crippen LogP contribution in [0.15, 0.2) is 48.5 Å². The van der Waals surface area contributed by atoms with E-state index in [4.69, 9.17) is 22.1 Å². The Balaban J connectivity index is 0.000000221. The maximum atomic E-state index is 9.01. The molecular weight excluding hydrogens is 448 g/mol. The summed E-state index contributed by atoms with van der Waals surface area (Å²) < 4.78 is 6.05. The smallest absolute Gasteiger partial charge is 0.167 e. The first-order chi connectivity index (χ1) is 16.8. The molecule has 2 aromatic carbocycles. The van der Waals surface area contributed by atoms with Crippen LogP contribution in [-0.2, 0) is 0 Å². The van der Waals surface area contributed by atoms with E-state index in [1.54, 1.807) is 12.1 Å². The second kappa shape index (κ2) is 11.5. The summed E-state index contributed by atoms with van der Waals surface area (Å²) in [6, 6.07) is 16.0. The predicted octanol–water partition coefficient (Wildman–Crippen LogP) is 9.42. The number of ether oxygens (including phenoxy) is 1. The van der Waals surface area contributed by atoms with Gasteiger partial charge in [-0.3, -0.25) is 0 Å². The van der Waals surface area contributed by atoms with Gasteiger partial charge in [0.2, 0.25) is 0 Å². The largest absolute Gasteiger partial charge is 0.508 e. The Morgan fingerprint density at radius 1 is 0.829 bits per heavy atom. The van der Waals surface area contributed by atoms with Crippen LogP contribution in [0.5, 0.6) is 11.5 Å². The van der Waals surface area contributed by atoms with E-state index in [1.165, 1.54) is 56.1 Å². The number of rotatable bonds is 7. The molecule has 4 fully saturated rings. The molecule has 4 bridgehead atoms. The normalized spacial score (nSPS) is 28.1. The van der Waals surface area contributed by atoms with Crippen LogP contribution in [0.2, 0.25) is 0 Å². The number of phenols is 1. The van der Waals surface area contributed by atoms with Gasteiger partial charge in [-0.25, -0.2) is 0 Å². The van der Waals surface area contributed by atoms with Crippen molar-refractivity contribution in [3.05, 3.63) is 59.7 Å². The molecule has 3 heteroatoms. The molecule has 2 nitrogen and oxygen atoms in total. The summed E-state index contributed by atoms with van der Waals surface area (Å²) in [5.41, 5.74) is 3.16. The third kappa shape index (κ3) is 6.67. The van der Waals surface area contributed by atoms with Crippen molar-refractivity contribution in [2.45, 2.75) is 97.3 Å². The maximum absolute atomic E-state index is 9.01. The molecule has 0 radical (unpaired) electrons. The molecule has 0 aliphatic heterocycles. The molecule has 2 aromatic rings. The van der Waals surface area contributed by atoms with Crippen molar-refractivity contribution in [2.24, 2.45) is 23.2 Å². The fraction of sp³-hybridized carbons (Fsp3) is 0.594. The number of aromatic hydroxyl groups is 1. The molecule has 0 spiro atoms. The van der Waals surface area contributed by atoms with Crippen LogP contribution in [0.4, 0.5) is 0 Å². The van der Waals surface area contributed by atoms with Crippen LogP contribution in [-0.4, -0.2) is 10.2 Å². The van der Waals surface area contributed by atoms with Gasteiger partial charge < -0.3 is 9.84 Å². The Morgan fingerprint density at radius 3 is 1.69 bits per heavy atom. The lowest BCUT2D eigenvalue weighted by Gasteiger charge is -2.56. The van der Waals surface area contributed by atoms with Gasteiger partial charge in [-0.1, -0.05) is 52.0 Å². The summed E-state index contributed by atoms with van der Waals surface area (Å²) in [6.07, 6.45) is 12.0. The number of phenolic OH excluding ortho intramolecular Hbond substituents is 1. The quantitative estimate of drug-likeness (QED) is 0.390. The summed E-state index contributed by atoms with van der Waals surface area (Å²) in [6.45, 7) is 8.85. The van der Waals surface area contributed by atoms with Crippen molar-refractivity contribution in [3.8, 4) is 11.5 Å². The molecule has 35 heavy (non-hydrogen) atoms. The lowest BCUT2D eigenvalue weighted by atomic mass is 9.49. The van der Waals surface area contributed by atoms with Gasteiger partial charge in [0.25, 0.3) is 0 Å². The third-order valence-electron chi connectivity index (χ3n) is 9.05. The average Bonchev–Trinajstić information content (AvgIpc) is 2.83. The summed E-state index contributed by atoms with van der Waals surface area (Å²) in [5, 5.41) is 9.82. The summed E-state index contributed by atoms with van der Waals surface area (Å²) >= 11 is 5.66. The monoisotopic (exact) mass is 492 g/mol. The Bertz CT molecular complexity index is 927. The Hall–Kier alpha value is -1.87. The summed E-state index contributed by atoms with van der Waals surface area (Å²) in [5.74, 6) is 5.40. The first-order valence-electron chi connectivity index (χ1n) is 13.9. The minimum absolute atomic E-state index is 0.344. The van der Waals surface area contributed by atoms with E-state index < -0.39 is 0 Å². The molecule has 190 valence electrons. The minimum atomic E-state index is 0.344. The minimum Gasteiger partial charge on any atom is -0.508 e. The van der Waals surface area contributed by atoms with E-state index in [9.17, 15) is 0 Å². The van der Waals surface area contributed by atoms with Gasteiger partial charge in [0.1, 0.15) is 11.5 Å². The molecule has 2 atom stereocenters. The van der Waals surface area contributed by atoms with E-state index in [0.717, 1.165) is 41.4 Å². The van der Waals surface area contributed by atoms with E-state index in [1.807, 2.05) is 12.1 Å². The number of hydrogen-bond acceptors (Lipinski definition) is 3. The highest BCUT2D eigenvalue weighted by atomic mass is 32.1. The van der Waals surface area contributed by atoms with Gasteiger partial charge in [-0.15, -0.1) is 0 Å². The van der Waals surface area contributed by atoms with Crippen molar-refractivity contribution in [2.75, 3.05) is 0 Å². The molecule has 2 unspecified atom stereocenters. The number of benzene rings is 2. The lowest BCUT2D eigenvalue weighted by molar-refractivity contribution is -0.0492. The van der Waals surface area contributed by atoms with Crippen molar-refractivity contribution < 1.29 is 9.84 Å². The van der Waals surface area contributed by atoms with Crippen molar-refractivity contribution >= 4 is 17.3 Å². The second-order valence-electron chi connectivity index (χ2n) is 11.8. The van der Waals surface area contributed by atoms with Crippen LogP contribution >= 0.6 is 12.2 Å². The highest BCUT2D eigenvalue weighted by Crippen LogP contribution is 2.61. The number of thiocarbonyl (C=S) groups is 1. The van der Waals surface area contributed by atoms with Crippen LogP contribution < -0.4 is 4.74 Å². The molecule has 6 rings (SSSR count). The zero-order valence-electron chi connectivity index (χ0n) is 22.1. The molecule has 4 saturated carbocycles. The summed E-state index contributed by atoms with van der Waals surface area (Å²) in [7, 11) is 0. The highest BCUT2D eigenvalue weighted by molar-refractivity contribution is 7.80. The molecule has 0 amide bonds. The molecule has 4 aliphatic carbocycles. The number of hydrogen-bond donors (Lipinski definition) is 1. The SMILES string of the molecule is CCC(C)c1ccc(O)cc1.CCC(C)c1ccc(OC(=S)CC23CC4CC(CC(C4)C2)C3)cc1. The Kier molecular flexibility index (Phi) is 8.58. The molecule has 0 heterocycles. The molecule has 4 aliphatic rings. The zero-order valence-corrected chi connectivity index (χ0v) is 22.9. The Labute approximate surface area is 218 Å². The first kappa shape index (κ1) is 26.2. The van der Waals surface area contributed by atoms with E-state index >= 15 is 0 Å². The van der Waals surface area contributed by atoms with Gasteiger partial charge >= 0.3 is 0 Å². The topological polar surface area (TPSA) is 29.5 Å². The first-order valence-corrected chi connectivity index (χ1v) is 14.3. The predicted molar refractivity (Wildman–Crippen MR) is 150 cm³/mol. The van der Waals surface area contributed by atoms with Crippen LogP contribution in [0.25, 0.3) is 0 Å². The van der Waals surface area contributed by atoms with Gasteiger partial charge in [0.15, 0.2) is 5.05 Å². The molecule has 1 N–H and O–H groups in total. The summed E-state index contributed by atoms with van der Waals surface area (Å²) in [4.78, 5) is 0. The highest BCUT2D eigenvalue weighted by Gasteiger charge is 2.51. The van der Waals surface area contributed by atoms with Crippen molar-refractivity contribution in [3.63, 3.8) is 0 Å². The van der Waals surface area contributed by atoms with E-state index in [2.05, 4.69) is 52.0 Å². The van der Waals surface area contributed by atoms with Crippen molar-refractivity contribution in [1.29, 1.82) is 0 Å². The lowest BCUT2D eigenvalue weighted by Crippen LogP contribution is -2.47. The van der Waals surface area contributed by atoms with E-state index in [0.29, 0.717) is 23.0 Å². The molecule has 0 aromatic heterocycles.